The molecule has 1 aromatic carbocycles. The first kappa shape index (κ1) is 15.8. The standard InChI is InChI=1S/C16H26BrN3/c1-18-11-14-4-5-15(17)10-16(14)20-8-6-13(7-9-20)12-19(2)3/h4-5,10,13,18H,6-9,11-12H2,1-3H3. The number of halogens is 1. The molecule has 3 nitrogen and oxygen atoms in total. The van der Waals surface area contributed by atoms with E-state index in [4.69, 9.17) is 0 Å². The highest BCUT2D eigenvalue weighted by Gasteiger charge is 2.21. The third kappa shape index (κ3) is 4.21. The van der Waals surface area contributed by atoms with E-state index in [-0.39, 0.29) is 0 Å². The highest BCUT2D eigenvalue weighted by Crippen LogP contribution is 2.29. The number of piperidine rings is 1. The molecule has 0 aromatic heterocycles. The van der Waals surface area contributed by atoms with Crippen LogP contribution >= 0.6 is 15.9 Å². The van der Waals surface area contributed by atoms with Crippen LogP contribution in [0, 0.1) is 5.92 Å². The van der Waals surface area contributed by atoms with Gasteiger partial charge in [0.25, 0.3) is 0 Å². The molecule has 0 radical (unpaired) electrons. The minimum atomic E-state index is 0.848. The number of hydrogen-bond donors (Lipinski definition) is 1. The van der Waals surface area contributed by atoms with E-state index < -0.39 is 0 Å². The van der Waals surface area contributed by atoms with E-state index in [9.17, 15) is 0 Å². The minimum absolute atomic E-state index is 0.848. The molecule has 0 spiro atoms. The fraction of sp³-hybridized carbons (Fsp3) is 0.625. The number of anilines is 1. The molecule has 1 aromatic rings. The summed E-state index contributed by atoms with van der Waals surface area (Å²) in [5.74, 6) is 0.848. The van der Waals surface area contributed by atoms with E-state index in [1.54, 1.807) is 0 Å². The van der Waals surface area contributed by atoms with E-state index in [0.717, 1.165) is 12.5 Å². The van der Waals surface area contributed by atoms with Crippen LogP contribution < -0.4 is 10.2 Å². The first-order valence-electron chi connectivity index (χ1n) is 7.43. The summed E-state index contributed by atoms with van der Waals surface area (Å²) >= 11 is 3.60. The summed E-state index contributed by atoms with van der Waals surface area (Å²) in [5.41, 5.74) is 2.78. The van der Waals surface area contributed by atoms with Crippen molar-refractivity contribution in [2.45, 2.75) is 19.4 Å². The number of hydrogen-bond acceptors (Lipinski definition) is 3. The first-order valence-corrected chi connectivity index (χ1v) is 8.22. The van der Waals surface area contributed by atoms with E-state index >= 15 is 0 Å². The summed E-state index contributed by atoms with van der Waals surface area (Å²) < 4.78 is 1.17. The molecule has 1 N–H and O–H groups in total. The van der Waals surface area contributed by atoms with Gasteiger partial charge in [-0.05, 0) is 57.6 Å². The van der Waals surface area contributed by atoms with Crippen molar-refractivity contribution in [1.82, 2.24) is 10.2 Å². The first-order chi connectivity index (χ1) is 9.60. The Morgan fingerprint density at radius 1 is 1.30 bits per heavy atom. The Morgan fingerprint density at radius 3 is 2.60 bits per heavy atom. The van der Waals surface area contributed by atoms with Gasteiger partial charge < -0.3 is 15.1 Å². The zero-order valence-corrected chi connectivity index (χ0v) is 14.4. The molecule has 0 aliphatic carbocycles. The molecule has 0 bridgehead atoms. The molecule has 1 saturated heterocycles. The number of nitrogens with zero attached hydrogens (tertiary/aromatic N) is 2. The smallest absolute Gasteiger partial charge is 0.0423 e. The molecule has 1 aliphatic heterocycles. The van der Waals surface area contributed by atoms with Gasteiger partial charge in [-0.25, -0.2) is 0 Å². The lowest BCUT2D eigenvalue weighted by Crippen LogP contribution is -2.37. The van der Waals surface area contributed by atoms with Crippen LogP contribution in [-0.2, 0) is 6.54 Å². The topological polar surface area (TPSA) is 18.5 Å². The molecule has 1 fully saturated rings. The Balaban J connectivity index is 2.04. The second-order valence-corrected chi connectivity index (χ2v) is 6.91. The molecular weight excluding hydrogens is 314 g/mol. The SMILES string of the molecule is CNCc1ccc(Br)cc1N1CCC(CN(C)C)CC1. The quantitative estimate of drug-likeness (QED) is 0.889. The Hall–Kier alpha value is -0.580. The van der Waals surface area contributed by atoms with E-state index in [0.29, 0.717) is 0 Å². The number of benzene rings is 1. The van der Waals surface area contributed by atoms with Crippen molar-refractivity contribution in [3.8, 4) is 0 Å². The van der Waals surface area contributed by atoms with Gasteiger partial charge in [0.2, 0.25) is 0 Å². The molecule has 0 unspecified atom stereocenters. The average Bonchev–Trinajstić information content (AvgIpc) is 2.41. The largest absolute Gasteiger partial charge is 0.371 e. The molecule has 0 amide bonds. The molecule has 0 saturated carbocycles. The third-order valence-electron chi connectivity index (χ3n) is 3.99. The molecule has 112 valence electrons. The second kappa shape index (κ2) is 7.43. The maximum Gasteiger partial charge on any atom is 0.0423 e. The van der Waals surface area contributed by atoms with Crippen molar-refractivity contribution in [2.24, 2.45) is 5.92 Å². The van der Waals surface area contributed by atoms with Crippen LogP contribution in [0.5, 0.6) is 0 Å². The third-order valence-corrected chi connectivity index (χ3v) is 4.49. The number of rotatable bonds is 5. The Morgan fingerprint density at radius 2 is 2.00 bits per heavy atom. The lowest BCUT2D eigenvalue weighted by atomic mass is 9.95. The van der Waals surface area contributed by atoms with Crippen LogP contribution in [0.3, 0.4) is 0 Å². The zero-order valence-electron chi connectivity index (χ0n) is 12.8. The van der Waals surface area contributed by atoms with Gasteiger partial charge in [0.1, 0.15) is 0 Å². The summed E-state index contributed by atoms with van der Waals surface area (Å²) in [6.07, 6.45) is 2.59. The Bertz CT molecular complexity index is 426. The van der Waals surface area contributed by atoms with Crippen LogP contribution in [0.15, 0.2) is 22.7 Å². The monoisotopic (exact) mass is 339 g/mol. The van der Waals surface area contributed by atoms with Gasteiger partial charge in [0.05, 0.1) is 0 Å². The van der Waals surface area contributed by atoms with Crippen molar-refractivity contribution in [1.29, 1.82) is 0 Å². The van der Waals surface area contributed by atoms with Gasteiger partial charge in [0, 0.05) is 36.3 Å². The molecule has 0 atom stereocenters. The van der Waals surface area contributed by atoms with Gasteiger partial charge in [-0.3, -0.25) is 0 Å². The van der Waals surface area contributed by atoms with E-state index in [1.807, 2.05) is 7.05 Å². The van der Waals surface area contributed by atoms with Gasteiger partial charge in [-0.2, -0.15) is 0 Å². The summed E-state index contributed by atoms with van der Waals surface area (Å²) in [4.78, 5) is 4.86. The van der Waals surface area contributed by atoms with Gasteiger partial charge >= 0.3 is 0 Å². The van der Waals surface area contributed by atoms with Gasteiger partial charge in [0.15, 0.2) is 0 Å². The molecular formula is C16H26BrN3. The lowest BCUT2D eigenvalue weighted by molar-refractivity contribution is 0.285. The van der Waals surface area contributed by atoms with Crippen molar-refractivity contribution in [3.05, 3.63) is 28.2 Å². The van der Waals surface area contributed by atoms with Crippen molar-refractivity contribution >= 4 is 21.6 Å². The van der Waals surface area contributed by atoms with Crippen LogP contribution in [0.2, 0.25) is 0 Å². The minimum Gasteiger partial charge on any atom is -0.371 e. The lowest BCUT2D eigenvalue weighted by Gasteiger charge is -2.36. The predicted octanol–water partition coefficient (Wildman–Crippen LogP) is 2.95. The summed E-state index contributed by atoms with van der Waals surface area (Å²) in [6, 6.07) is 6.62. The van der Waals surface area contributed by atoms with Crippen molar-refractivity contribution in [2.75, 3.05) is 45.7 Å². The molecule has 1 aliphatic rings. The Labute approximate surface area is 131 Å². The zero-order chi connectivity index (χ0) is 14.5. The van der Waals surface area contributed by atoms with Crippen molar-refractivity contribution < 1.29 is 0 Å². The van der Waals surface area contributed by atoms with Crippen LogP contribution in [0.25, 0.3) is 0 Å². The van der Waals surface area contributed by atoms with Crippen LogP contribution in [0.4, 0.5) is 5.69 Å². The Kier molecular flexibility index (Phi) is 5.87. The van der Waals surface area contributed by atoms with E-state index in [1.165, 1.54) is 48.2 Å². The van der Waals surface area contributed by atoms with Gasteiger partial charge in [-0.1, -0.05) is 22.0 Å². The summed E-state index contributed by atoms with van der Waals surface area (Å²) in [6.45, 7) is 4.49. The fourth-order valence-corrected chi connectivity index (χ4v) is 3.39. The number of nitrogens with one attached hydrogen (secondary N) is 1. The van der Waals surface area contributed by atoms with E-state index in [2.05, 4.69) is 63.3 Å². The highest BCUT2D eigenvalue weighted by atomic mass is 79.9. The summed E-state index contributed by atoms with van der Waals surface area (Å²) in [5, 5.41) is 3.27. The molecule has 20 heavy (non-hydrogen) atoms. The summed E-state index contributed by atoms with van der Waals surface area (Å²) in [7, 11) is 6.35. The average molecular weight is 340 g/mol. The maximum absolute atomic E-state index is 3.60. The van der Waals surface area contributed by atoms with Crippen LogP contribution in [0.1, 0.15) is 18.4 Å². The molecule has 4 heteroatoms. The highest BCUT2D eigenvalue weighted by molar-refractivity contribution is 9.10. The second-order valence-electron chi connectivity index (χ2n) is 6.00. The van der Waals surface area contributed by atoms with Crippen molar-refractivity contribution in [3.63, 3.8) is 0 Å². The fourth-order valence-electron chi connectivity index (χ4n) is 3.04. The molecule has 2 rings (SSSR count). The van der Waals surface area contributed by atoms with Crippen LogP contribution in [-0.4, -0.2) is 45.7 Å². The van der Waals surface area contributed by atoms with Gasteiger partial charge in [-0.15, -0.1) is 0 Å². The predicted molar refractivity (Wildman–Crippen MR) is 90.4 cm³/mol. The normalized spacial score (nSPS) is 16.9. The molecule has 1 heterocycles. The maximum atomic E-state index is 3.60.